The first-order valence-electron chi connectivity index (χ1n) is 19.1. The molecular formula is C41H59N7O5. The number of amides is 2. The van der Waals surface area contributed by atoms with Gasteiger partial charge in [-0.2, -0.15) is 0 Å². The molecule has 2 aromatic carbocycles. The number of hydrogen-bond donors (Lipinski definition) is 2. The van der Waals surface area contributed by atoms with Gasteiger partial charge in [0.05, 0.1) is 24.2 Å². The molecule has 3 aromatic rings. The fourth-order valence-corrected chi connectivity index (χ4v) is 9.01. The number of nitrogens with zero attached hydrogens (tertiary/aromatic N) is 6. The van der Waals surface area contributed by atoms with Gasteiger partial charge in [0.1, 0.15) is 11.4 Å². The number of rotatable bonds is 10. The smallest absolute Gasteiger partial charge is 0.353 e. The summed E-state index contributed by atoms with van der Waals surface area (Å²) in [5, 5.41) is 11.8. The maximum Gasteiger partial charge on any atom is 0.353 e. The van der Waals surface area contributed by atoms with Gasteiger partial charge < -0.3 is 29.9 Å². The van der Waals surface area contributed by atoms with Crippen LogP contribution in [-0.4, -0.2) is 138 Å². The number of benzene rings is 2. The number of primary amides is 1. The van der Waals surface area contributed by atoms with Crippen LogP contribution >= 0.6 is 0 Å². The van der Waals surface area contributed by atoms with Crippen molar-refractivity contribution in [1.82, 2.24) is 29.1 Å². The Kier molecular flexibility index (Phi) is 11.3. The molecule has 3 fully saturated rings. The van der Waals surface area contributed by atoms with Gasteiger partial charge >= 0.3 is 5.97 Å². The van der Waals surface area contributed by atoms with E-state index in [0.29, 0.717) is 49.1 Å². The fraction of sp³-hybridized carbons (Fsp3) is 0.585. The summed E-state index contributed by atoms with van der Waals surface area (Å²) < 4.78 is 7.89. The Morgan fingerprint density at radius 1 is 0.943 bits per heavy atom. The monoisotopic (exact) mass is 729 g/mol. The number of carbonyl (C=O) groups excluding carboxylic acids is 2. The Labute approximate surface area is 314 Å². The number of para-hydroxylation sites is 1. The molecule has 0 spiro atoms. The number of aromatic nitrogens is 1. The van der Waals surface area contributed by atoms with Crippen molar-refractivity contribution in [2.24, 2.45) is 12.8 Å². The molecule has 3 aliphatic rings. The Morgan fingerprint density at radius 2 is 1.64 bits per heavy atom. The Hall–Kier alpha value is -3.97. The second-order valence-electron chi connectivity index (χ2n) is 16.6. The number of likely N-dealkylation sites (N-methyl/N-ethyl adjacent to an activating group) is 2. The number of ether oxygens (including phenoxy) is 1. The molecule has 0 bridgehead atoms. The first-order chi connectivity index (χ1) is 25.1. The van der Waals surface area contributed by atoms with Gasteiger partial charge in [-0.25, -0.2) is 4.79 Å². The third-order valence-corrected chi connectivity index (χ3v) is 11.9. The van der Waals surface area contributed by atoms with Crippen molar-refractivity contribution in [3.8, 4) is 16.9 Å². The van der Waals surface area contributed by atoms with Crippen LogP contribution in [0, 0.1) is 0 Å². The SMILES string of the molecule is COc1c(C(N)=O)cc(C(C)(C)C)c(-c2c(C(=O)O)n(C)c3c(CN4CCN(C(=O)[C@@H]5CCCN5C)CC4)cccc23)c1CN1CCCC(N(C)C)C1. The van der Waals surface area contributed by atoms with Gasteiger partial charge in [0.15, 0.2) is 0 Å². The highest BCUT2D eigenvalue weighted by molar-refractivity contribution is 6.11. The highest BCUT2D eigenvalue weighted by Crippen LogP contribution is 2.47. The minimum atomic E-state index is -1.02. The van der Waals surface area contributed by atoms with Gasteiger partial charge in [-0.3, -0.25) is 24.3 Å². The van der Waals surface area contributed by atoms with Crippen LogP contribution < -0.4 is 10.5 Å². The standard InChI is InChI=1S/C41H59N7O5/c1-41(2,3)31-22-29(38(42)49)37(53-8)30(25-47-17-10-13-27(24-47)43(4)5)33(31)34-28-14-9-12-26(35(28)45(7)36(34)40(51)52)23-46-18-20-48(21-19-46)39(50)32-15-11-16-44(32)6/h9,12,14,22,27,32H,10-11,13,15-21,23-25H2,1-8H3,(H2,42,49)(H,51,52)/t27?,32-/m0/s1. The molecule has 53 heavy (non-hydrogen) atoms. The summed E-state index contributed by atoms with van der Waals surface area (Å²) in [6.45, 7) is 12.9. The minimum Gasteiger partial charge on any atom is -0.496 e. The summed E-state index contributed by atoms with van der Waals surface area (Å²) >= 11 is 0. The van der Waals surface area contributed by atoms with E-state index in [9.17, 15) is 19.5 Å². The van der Waals surface area contributed by atoms with Crippen molar-refractivity contribution < 1.29 is 24.2 Å². The lowest BCUT2D eigenvalue weighted by Crippen LogP contribution is -2.52. The molecule has 3 saturated heterocycles. The number of fused-ring (bicyclic) bond motifs is 1. The number of aryl methyl sites for hydroxylation is 1. The number of methoxy groups -OCH3 is 1. The van der Waals surface area contributed by atoms with Gasteiger partial charge in [-0.15, -0.1) is 0 Å². The van der Waals surface area contributed by atoms with Crippen LogP contribution in [0.2, 0.25) is 0 Å². The largest absolute Gasteiger partial charge is 0.496 e. The van der Waals surface area contributed by atoms with Crippen molar-refractivity contribution in [3.63, 3.8) is 0 Å². The van der Waals surface area contributed by atoms with Crippen molar-refractivity contribution >= 4 is 28.7 Å². The van der Waals surface area contributed by atoms with Crippen LogP contribution in [0.1, 0.15) is 84.0 Å². The number of likely N-dealkylation sites (tertiary alicyclic amines) is 2. The third-order valence-electron chi connectivity index (χ3n) is 11.9. The van der Waals surface area contributed by atoms with Crippen LogP contribution in [0.4, 0.5) is 0 Å². The summed E-state index contributed by atoms with van der Waals surface area (Å²) in [5.41, 5.74) is 11.0. The van der Waals surface area contributed by atoms with Gasteiger partial charge in [0, 0.05) is 75.4 Å². The van der Waals surface area contributed by atoms with E-state index < -0.39 is 17.3 Å². The van der Waals surface area contributed by atoms with E-state index in [0.717, 1.165) is 91.6 Å². The van der Waals surface area contributed by atoms with E-state index >= 15 is 0 Å². The number of hydrogen-bond acceptors (Lipinski definition) is 8. The second-order valence-corrected chi connectivity index (χ2v) is 16.6. The molecule has 288 valence electrons. The molecule has 2 atom stereocenters. The van der Waals surface area contributed by atoms with E-state index in [-0.39, 0.29) is 17.6 Å². The van der Waals surface area contributed by atoms with Crippen molar-refractivity contribution in [3.05, 3.63) is 52.2 Å². The number of carbonyl (C=O) groups is 3. The normalized spacial score (nSPS) is 20.8. The lowest BCUT2D eigenvalue weighted by atomic mass is 9.77. The van der Waals surface area contributed by atoms with Crippen molar-refractivity contribution in [2.45, 2.75) is 77.0 Å². The summed E-state index contributed by atoms with van der Waals surface area (Å²) in [5.74, 6) is -0.980. The third kappa shape index (κ3) is 7.56. The molecule has 1 aromatic heterocycles. The molecule has 0 radical (unpaired) electrons. The number of carboxylic acid groups (broad SMARTS) is 1. The quantitative estimate of drug-likeness (QED) is 0.316. The van der Waals surface area contributed by atoms with E-state index in [1.165, 1.54) is 0 Å². The average molecular weight is 730 g/mol. The molecule has 2 amide bonds. The molecule has 1 unspecified atom stereocenters. The van der Waals surface area contributed by atoms with Gasteiger partial charge in [0.25, 0.3) is 5.91 Å². The van der Waals surface area contributed by atoms with E-state index in [4.69, 9.17) is 10.5 Å². The van der Waals surface area contributed by atoms with E-state index in [1.807, 2.05) is 41.8 Å². The maximum absolute atomic E-state index is 13.4. The van der Waals surface area contributed by atoms with Crippen LogP contribution in [0.15, 0.2) is 24.3 Å². The molecule has 4 heterocycles. The predicted molar refractivity (Wildman–Crippen MR) is 209 cm³/mol. The number of aromatic carboxylic acids is 1. The van der Waals surface area contributed by atoms with E-state index in [2.05, 4.69) is 60.5 Å². The molecule has 12 nitrogen and oxygen atoms in total. The number of carboxylic acids is 1. The lowest BCUT2D eigenvalue weighted by molar-refractivity contribution is -0.137. The van der Waals surface area contributed by atoms with Crippen molar-refractivity contribution in [2.75, 3.05) is 74.1 Å². The Morgan fingerprint density at radius 3 is 2.23 bits per heavy atom. The molecule has 3 aliphatic heterocycles. The topological polar surface area (TPSA) is 128 Å². The average Bonchev–Trinajstić information content (AvgIpc) is 3.67. The predicted octanol–water partition coefficient (Wildman–Crippen LogP) is 4.21. The summed E-state index contributed by atoms with van der Waals surface area (Å²) in [6.07, 6.45) is 4.11. The van der Waals surface area contributed by atoms with Gasteiger partial charge in [0.2, 0.25) is 5.91 Å². The van der Waals surface area contributed by atoms with Gasteiger partial charge in [-0.05, 0) is 88.1 Å². The number of piperazine rings is 1. The van der Waals surface area contributed by atoms with Crippen LogP contribution in [0.3, 0.4) is 0 Å². The Balaban J connectivity index is 1.47. The highest BCUT2D eigenvalue weighted by Gasteiger charge is 2.36. The minimum absolute atomic E-state index is 0.0191. The summed E-state index contributed by atoms with van der Waals surface area (Å²) in [6, 6.07) is 8.29. The first-order valence-corrected chi connectivity index (χ1v) is 19.1. The lowest BCUT2D eigenvalue weighted by Gasteiger charge is -2.37. The number of nitrogens with two attached hydrogens (primary N) is 1. The zero-order valence-corrected chi connectivity index (χ0v) is 33.0. The summed E-state index contributed by atoms with van der Waals surface area (Å²) in [7, 11) is 9.64. The molecule has 0 aliphatic carbocycles. The molecular weight excluding hydrogens is 670 g/mol. The highest BCUT2D eigenvalue weighted by atomic mass is 16.5. The maximum atomic E-state index is 13.4. The zero-order chi connectivity index (χ0) is 38.4. The van der Waals surface area contributed by atoms with Crippen LogP contribution in [-0.2, 0) is 30.3 Å². The Bertz CT molecular complexity index is 1870. The van der Waals surface area contributed by atoms with Crippen LogP contribution in [0.25, 0.3) is 22.0 Å². The van der Waals surface area contributed by atoms with E-state index in [1.54, 1.807) is 7.11 Å². The first kappa shape index (κ1) is 38.7. The van der Waals surface area contributed by atoms with Gasteiger partial charge in [-0.1, -0.05) is 39.0 Å². The zero-order valence-electron chi connectivity index (χ0n) is 33.0. The fourth-order valence-electron chi connectivity index (χ4n) is 9.01. The number of piperidine rings is 1. The summed E-state index contributed by atoms with van der Waals surface area (Å²) in [4.78, 5) is 51.0. The molecule has 0 saturated carbocycles. The second kappa shape index (κ2) is 15.4. The van der Waals surface area contributed by atoms with Crippen LogP contribution in [0.5, 0.6) is 5.75 Å². The van der Waals surface area contributed by atoms with Crippen molar-refractivity contribution in [1.29, 1.82) is 0 Å². The molecule has 12 heteroatoms. The molecule has 3 N–H and O–H groups in total. The molecule has 6 rings (SSSR count).